The van der Waals surface area contributed by atoms with Gasteiger partial charge in [0.25, 0.3) is 0 Å². The molecule has 0 saturated carbocycles. The van der Waals surface area contributed by atoms with Crippen LogP contribution >= 0.6 is 0 Å². The van der Waals surface area contributed by atoms with Gasteiger partial charge in [0.2, 0.25) is 0 Å². The molecule has 1 aliphatic rings. The molecule has 0 radical (unpaired) electrons. The van der Waals surface area contributed by atoms with E-state index in [1.54, 1.807) is 12.1 Å². The molecule has 16 heavy (non-hydrogen) atoms. The molecule has 0 aliphatic carbocycles. The summed E-state index contributed by atoms with van der Waals surface area (Å²) in [5, 5.41) is 3.37. The van der Waals surface area contributed by atoms with E-state index < -0.39 is 0 Å². The Morgan fingerprint density at radius 1 is 1.31 bits per heavy atom. The van der Waals surface area contributed by atoms with Crippen LogP contribution in [0.3, 0.4) is 0 Å². The second kappa shape index (κ2) is 5.41. The predicted octanol–water partition coefficient (Wildman–Crippen LogP) is 2.22. The van der Waals surface area contributed by atoms with Crippen molar-refractivity contribution in [1.29, 1.82) is 0 Å². The number of hydrogen-bond donors (Lipinski definition) is 2. The molecule has 2 rings (SSSR count). The van der Waals surface area contributed by atoms with Crippen LogP contribution < -0.4 is 11.1 Å². The summed E-state index contributed by atoms with van der Waals surface area (Å²) in [6.07, 6.45) is 3.37. The van der Waals surface area contributed by atoms with Crippen LogP contribution in [0.2, 0.25) is 0 Å². The highest BCUT2D eigenvalue weighted by atomic mass is 19.1. The number of benzene rings is 1. The molecule has 2 unspecified atom stereocenters. The molecule has 3 N–H and O–H groups in total. The van der Waals surface area contributed by atoms with Crippen LogP contribution in [0.4, 0.5) is 4.39 Å². The van der Waals surface area contributed by atoms with Crippen LogP contribution in [0, 0.1) is 11.7 Å². The second-order valence-corrected chi connectivity index (χ2v) is 4.52. The van der Waals surface area contributed by atoms with Crippen molar-refractivity contribution in [2.24, 2.45) is 11.7 Å². The third-order valence-electron chi connectivity index (χ3n) is 3.36. The lowest BCUT2D eigenvalue weighted by molar-refractivity contribution is 0.390. The minimum atomic E-state index is -0.195. The zero-order valence-electron chi connectivity index (χ0n) is 9.45. The van der Waals surface area contributed by atoms with Gasteiger partial charge in [0.15, 0.2) is 0 Å². The van der Waals surface area contributed by atoms with Gasteiger partial charge in [-0.1, -0.05) is 12.1 Å². The maximum atomic E-state index is 13.1. The third kappa shape index (κ3) is 2.80. The van der Waals surface area contributed by atoms with E-state index in [9.17, 15) is 4.39 Å². The molecule has 1 saturated heterocycles. The number of nitrogens with one attached hydrogen (secondary N) is 1. The Hall–Kier alpha value is -0.930. The maximum absolute atomic E-state index is 13.1. The summed E-state index contributed by atoms with van der Waals surface area (Å²) >= 11 is 0. The van der Waals surface area contributed by atoms with Gasteiger partial charge in [0.1, 0.15) is 5.82 Å². The summed E-state index contributed by atoms with van der Waals surface area (Å²) in [5.74, 6) is 0.275. The monoisotopic (exact) mass is 222 g/mol. The lowest BCUT2D eigenvalue weighted by atomic mass is 9.88. The fraction of sp³-hybridized carbons (Fsp3) is 0.538. The zero-order valence-corrected chi connectivity index (χ0v) is 9.45. The quantitative estimate of drug-likeness (QED) is 0.805. The van der Waals surface area contributed by atoms with Gasteiger partial charge in [-0.15, -0.1) is 0 Å². The van der Waals surface area contributed by atoms with Crippen molar-refractivity contribution in [3.05, 3.63) is 35.6 Å². The molecular weight excluding hydrogens is 203 g/mol. The molecule has 1 aromatic rings. The molecule has 0 amide bonds. The molecule has 88 valence electrons. The minimum Gasteiger partial charge on any atom is -0.324 e. The summed E-state index contributed by atoms with van der Waals surface area (Å²) in [4.78, 5) is 0. The highest BCUT2D eigenvalue weighted by molar-refractivity contribution is 5.20. The molecule has 1 aliphatic heterocycles. The van der Waals surface area contributed by atoms with Gasteiger partial charge < -0.3 is 11.1 Å². The van der Waals surface area contributed by atoms with Crippen LogP contribution in [0.15, 0.2) is 24.3 Å². The van der Waals surface area contributed by atoms with E-state index in [2.05, 4.69) is 5.32 Å². The summed E-state index contributed by atoms with van der Waals surface area (Å²) in [6, 6.07) is 6.65. The first kappa shape index (κ1) is 11.6. The zero-order chi connectivity index (χ0) is 11.4. The van der Waals surface area contributed by atoms with E-state index in [1.165, 1.54) is 6.07 Å². The summed E-state index contributed by atoms with van der Waals surface area (Å²) in [5.41, 5.74) is 7.14. The van der Waals surface area contributed by atoms with Crippen LogP contribution in [0.5, 0.6) is 0 Å². The van der Waals surface area contributed by atoms with Crippen molar-refractivity contribution < 1.29 is 4.39 Å². The Morgan fingerprint density at radius 2 is 2.19 bits per heavy atom. The topological polar surface area (TPSA) is 38.0 Å². The average Bonchev–Trinajstić information content (AvgIpc) is 2.56. The van der Waals surface area contributed by atoms with Crippen molar-refractivity contribution in [3.63, 3.8) is 0 Å². The third-order valence-corrected chi connectivity index (χ3v) is 3.36. The fourth-order valence-electron chi connectivity index (χ4n) is 2.39. The molecule has 2 nitrogen and oxygen atoms in total. The SMILES string of the molecule is NC(c1cccc(F)c1)C1CCCNCC1. The van der Waals surface area contributed by atoms with Crippen molar-refractivity contribution in [2.45, 2.75) is 25.3 Å². The summed E-state index contributed by atoms with van der Waals surface area (Å²) in [7, 11) is 0. The molecular formula is C13H19FN2. The first-order valence-corrected chi connectivity index (χ1v) is 5.99. The second-order valence-electron chi connectivity index (χ2n) is 4.52. The van der Waals surface area contributed by atoms with E-state index in [0.717, 1.165) is 37.9 Å². The van der Waals surface area contributed by atoms with Crippen molar-refractivity contribution in [2.75, 3.05) is 13.1 Å². The molecule has 3 heteroatoms. The Bertz CT molecular complexity index is 332. The van der Waals surface area contributed by atoms with Crippen LogP contribution in [0.25, 0.3) is 0 Å². The first-order valence-electron chi connectivity index (χ1n) is 5.99. The van der Waals surface area contributed by atoms with Gasteiger partial charge in [-0.05, 0) is 56.0 Å². The van der Waals surface area contributed by atoms with E-state index in [1.807, 2.05) is 6.07 Å². The molecule has 0 spiro atoms. The number of hydrogen-bond acceptors (Lipinski definition) is 2. The van der Waals surface area contributed by atoms with Gasteiger partial charge in [-0.2, -0.15) is 0 Å². The summed E-state index contributed by atoms with van der Waals surface area (Å²) in [6.45, 7) is 2.10. The minimum absolute atomic E-state index is 0.0319. The van der Waals surface area contributed by atoms with Crippen LogP contribution in [-0.4, -0.2) is 13.1 Å². The molecule has 2 atom stereocenters. The van der Waals surface area contributed by atoms with Crippen molar-refractivity contribution in [1.82, 2.24) is 5.32 Å². The van der Waals surface area contributed by atoms with Gasteiger partial charge >= 0.3 is 0 Å². The Kier molecular flexibility index (Phi) is 3.91. The van der Waals surface area contributed by atoms with Gasteiger partial charge in [-0.25, -0.2) is 4.39 Å². The predicted molar refractivity (Wildman–Crippen MR) is 63.5 cm³/mol. The lowest BCUT2D eigenvalue weighted by Gasteiger charge is -2.22. The Balaban J connectivity index is 2.07. The molecule has 1 fully saturated rings. The highest BCUT2D eigenvalue weighted by Crippen LogP contribution is 2.27. The normalized spacial score (nSPS) is 23.8. The van der Waals surface area contributed by atoms with E-state index in [4.69, 9.17) is 5.73 Å². The van der Waals surface area contributed by atoms with E-state index in [0.29, 0.717) is 5.92 Å². The molecule has 0 aromatic heterocycles. The summed E-state index contributed by atoms with van der Waals surface area (Å²) < 4.78 is 13.1. The molecule has 0 bridgehead atoms. The van der Waals surface area contributed by atoms with Crippen molar-refractivity contribution in [3.8, 4) is 0 Å². The number of rotatable bonds is 2. The van der Waals surface area contributed by atoms with Crippen LogP contribution in [-0.2, 0) is 0 Å². The van der Waals surface area contributed by atoms with Gasteiger partial charge in [-0.3, -0.25) is 0 Å². The molecule has 1 aromatic carbocycles. The standard InChI is InChI=1S/C13H19FN2/c14-12-5-1-3-11(9-12)13(15)10-4-2-7-16-8-6-10/h1,3,5,9-10,13,16H,2,4,6-8,15H2. The maximum Gasteiger partial charge on any atom is 0.123 e. The van der Waals surface area contributed by atoms with Crippen molar-refractivity contribution >= 4 is 0 Å². The molecule has 1 heterocycles. The Morgan fingerprint density at radius 3 is 3.00 bits per heavy atom. The smallest absolute Gasteiger partial charge is 0.123 e. The van der Waals surface area contributed by atoms with Crippen LogP contribution in [0.1, 0.15) is 30.9 Å². The fourth-order valence-corrected chi connectivity index (χ4v) is 2.39. The first-order chi connectivity index (χ1) is 7.77. The lowest BCUT2D eigenvalue weighted by Crippen LogP contribution is -2.23. The van der Waals surface area contributed by atoms with E-state index >= 15 is 0 Å². The Labute approximate surface area is 96.0 Å². The van der Waals surface area contributed by atoms with Gasteiger partial charge in [0.05, 0.1) is 0 Å². The van der Waals surface area contributed by atoms with Gasteiger partial charge in [0, 0.05) is 6.04 Å². The number of halogens is 1. The number of nitrogens with two attached hydrogens (primary N) is 1. The highest BCUT2D eigenvalue weighted by Gasteiger charge is 2.20. The van der Waals surface area contributed by atoms with E-state index in [-0.39, 0.29) is 11.9 Å². The largest absolute Gasteiger partial charge is 0.324 e. The average molecular weight is 222 g/mol.